The van der Waals surface area contributed by atoms with Crippen LogP contribution in [0, 0.1) is 5.92 Å². The third kappa shape index (κ3) is 2.34. The monoisotopic (exact) mass is 196 g/mol. The van der Waals surface area contributed by atoms with Gasteiger partial charge in [0.15, 0.2) is 9.84 Å². The summed E-state index contributed by atoms with van der Waals surface area (Å²) in [6.45, 7) is 0. The quantitative estimate of drug-likeness (QED) is 0.631. The molecule has 1 aliphatic carbocycles. The fourth-order valence-electron chi connectivity index (χ4n) is 1.57. The van der Waals surface area contributed by atoms with Crippen molar-refractivity contribution in [1.29, 1.82) is 0 Å². The Morgan fingerprint density at radius 3 is 2.18 bits per heavy atom. The van der Waals surface area contributed by atoms with Crippen LogP contribution in [0.2, 0.25) is 0 Å². The summed E-state index contributed by atoms with van der Waals surface area (Å²) in [5.74, 6) is 0.201. The Balaban J connectivity index is 2.60. The van der Waals surface area contributed by atoms with Gasteiger partial charge in [0.2, 0.25) is 0 Å². The van der Waals surface area contributed by atoms with Gasteiger partial charge in [-0.05, 0) is 18.8 Å². The molecule has 0 bridgehead atoms. The van der Waals surface area contributed by atoms with E-state index >= 15 is 0 Å². The van der Waals surface area contributed by atoms with Crippen LogP contribution in [0.3, 0.4) is 0 Å². The van der Waals surface area contributed by atoms with E-state index in [4.69, 9.17) is 11.6 Å². The summed E-state index contributed by atoms with van der Waals surface area (Å²) in [5.41, 5.74) is 0. The molecule has 1 atom stereocenters. The second-order valence-electron chi connectivity index (χ2n) is 3.23. The highest BCUT2D eigenvalue weighted by atomic mass is 35.5. The molecule has 11 heavy (non-hydrogen) atoms. The zero-order chi connectivity index (χ0) is 8.48. The van der Waals surface area contributed by atoms with Crippen molar-refractivity contribution in [3.05, 3.63) is 0 Å². The van der Waals surface area contributed by atoms with Crippen molar-refractivity contribution in [3.8, 4) is 0 Å². The number of rotatable bonds is 2. The molecule has 0 aromatic heterocycles. The maximum absolute atomic E-state index is 11.0. The van der Waals surface area contributed by atoms with Crippen LogP contribution in [-0.4, -0.2) is 19.4 Å². The number of hydrogen-bond acceptors (Lipinski definition) is 2. The molecule has 0 saturated heterocycles. The van der Waals surface area contributed by atoms with Crippen LogP contribution >= 0.6 is 11.6 Å². The summed E-state index contributed by atoms with van der Waals surface area (Å²) < 4.78 is 21.3. The van der Waals surface area contributed by atoms with Gasteiger partial charge in [-0.1, -0.05) is 12.8 Å². The summed E-state index contributed by atoms with van der Waals surface area (Å²) in [6.07, 6.45) is 5.41. The van der Waals surface area contributed by atoms with Crippen molar-refractivity contribution in [2.45, 2.75) is 30.4 Å². The molecule has 0 N–H and O–H groups in total. The normalized spacial score (nSPS) is 23.8. The average molecular weight is 197 g/mol. The lowest BCUT2D eigenvalue weighted by atomic mass is 10.1. The highest BCUT2D eigenvalue weighted by Crippen LogP contribution is 2.32. The number of hydrogen-bond donors (Lipinski definition) is 0. The zero-order valence-corrected chi connectivity index (χ0v) is 8.16. The van der Waals surface area contributed by atoms with Gasteiger partial charge in [0.25, 0.3) is 0 Å². The molecule has 0 aromatic carbocycles. The van der Waals surface area contributed by atoms with E-state index in [1.54, 1.807) is 0 Å². The maximum atomic E-state index is 11.0. The van der Waals surface area contributed by atoms with Crippen LogP contribution in [-0.2, 0) is 9.84 Å². The smallest absolute Gasteiger partial charge is 0.164 e. The molecule has 0 aliphatic heterocycles. The molecule has 0 heterocycles. The molecule has 66 valence electrons. The minimum absolute atomic E-state index is 0.201. The fourth-order valence-corrected chi connectivity index (χ4v) is 2.79. The first kappa shape index (κ1) is 9.33. The largest absolute Gasteiger partial charge is 0.228 e. The van der Waals surface area contributed by atoms with E-state index in [0.29, 0.717) is 0 Å². The summed E-state index contributed by atoms with van der Waals surface area (Å²) in [6, 6.07) is 0. The molecule has 1 aliphatic rings. The summed E-state index contributed by atoms with van der Waals surface area (Å²) in [4.78, 5) is 0. The Labute approximate surface area is 72.9 Å². The first-order valence-electron chi connectivity index (χ1n) is 3.85. The highest BCUT2D eigenvalue weighted by molar-refractivity contribution is 7.92. The molecule has 0 radical (unpaired) electrons. The van der Waals surface area contributed by atoms with Gasteiger partial charge in [0, 0.05) is 6.26 Å². The van der Waals surface area contributed by atoms with Crippen LogP contribution in [0.15, 0.2) is 0 Å². The lowest BCUT2D eigenvalue weighted by Gasteiger charge is -2.13. The molecule has 1 saturated carbocycles. The Hall–Kier alpha value is 0.240. The van der Waals surface area contributed by atoms with Crippen molar-refractivity contribution in [2.75, 3.05) is 6.26 Å². The van der Waals surface area contributed by atoms with Gasteiger partial charge < -0.3 is 0 Å². The van der Waals surface area contributed by atoms with E-state index in [0.717, 1.165) is 25.7 Å². The summed E-state index contributed by atoms with van der Waals surface area (Å²) in [5, 5.41) is 0. The van der Waals surface area contributed by atoms with Crippen LogP contribution in [0.5, 0.6) is 0 Å². The lowest BCUT2D eigenvalue weighted by Crippen LogP contribution is -2.21. The number of sulfone groups is 1. The third-order valence-electron chi connectivity index (χ3n) is 2.18. The highest BCUT2D eigenvalue weighted by Gasteiger charge is 2.30. The molecular formula is C7H13ClO2S. The second-order valence-corrected chi connectivity index (χ2v) is 6.12. The van der Waals surface area contributed by atoms with E-state index in [1.165, 1.54) is 6.26 Å². The van der Waals surface area contributed by atoms with Gasteiger partial charge in [0.1, 0.15) is 4.71 Å². The van der Waals surface area contributed by atoms with E-state index < -0.39 is 14.5 Å². The lowest BCUT2D eigenvalue weighted by molar-refractivity contribution is 0.545. The van der Waals surface area contributed by atoms with Gasteiger partial charge >= 0.3 is 0 Å². The van der Waals surface area contributed by atoms with Crippen LogP contribution < -0.4 is 0 Å². The van der Waals surface area contributed by atoms with Gasteiger partial charge in [-0.15, -0.1) is 11.6 Å². The first-order valence-corrected chi connectivity index (χ1v) is 6.24. The molecule has 1 fully saturated rings. The minimum Gasteiger partial charge on any atom is -0.228 e. The number of halogens is 1. The Kier molecular flexibility index (Phi) is 2.81. The third-order valence-corrected chi connectivity index (χ3v) is 4.71. The van der Waals surface area contributed by atoms with Gasteiger partial charge in [-0.2, -0.15) is 0 Å². The van der Waals surface area contributed by atoms with E-state index in [9.17, 15) is 8.42 Å². The standard InChI is InChI=1S/C7H13ClO2S/c1-11(9,10)7(8)6-4-2-3-5-6/h6-7H,2-5H2,1H3. The number of alkyl halides is 1. The van der Waals surface area contributed by atoms with Crippen LogP contribution in [0.4, 0.5) is 0 Å². The SMILES string of the molecule is CS(=O)(=O)C(Cl)C1CCCC1. The molecule has 1 rings (SSSR count). The van der Waals surface area contributed by atoms with Crippen LogP contribution in [0.1, 0.15) is 25.7 Å². The summed E-state index contributed by atoms with van der Waals surface area (Å²) >= 11 is 5.78. The van der Waals surface area contributed by atoms with Crippen molar-refractivity contribution in [3.63, 3.8) is 0 Å². The zero-order valence-electron chi connectivity index (χ0n) is 6.59. The molecule has 1 unspecified atom stereocenters. The van der Waals surface area contributed by atoms with Crippen molar-refractivity contribution < 1.29 is 8.42 Å². The predicted molar refractivity (Wildman–Crippen MR) is 46.4 cm³/mol. The van der Waals surface area contributed by atoms with Crippen LogP contribution in [0.25, 0.3) is 0 Å². The van der Waals surface area contributed by atoms with Gasteiger partial charge in [0.05, 0.1) is 0 Å². The van der Waals surface area contributed by atoms with E-state index in [-0.39, 0.29) is 5.92 Å². The Bertz CT molecular complexity index is 217. The molecule has 0 spiro atoms. The van der Waals surface area contributed by atoms with Crippen molar-refractivity contribution in [2.24, 2.45) is 5.92 Å². The Morgan fingerprint density at radius 2 is 1.82 bits per heavy atom. The van der Waals surface area contributed by atoms with Gasteiger partial charge in [-0.25, -0.2) is 8.42 Å². The van der Waals surface area contributed by atoms with E-state index in [1.807, 2.05) is 0 Å². The second kappa shape index (κ2) is 3.31. The van der Waals surface area contributed by atoms with Gasteiger partial charge in [-0.3, -0.25) is 0 Å². The predicted octanol–water partition coefficient (Wildman–Crippen LogP) is 1.79. The van der Waals surface area contributed by atoms with Crippen molar-refractivity contribution in [1.82, 2.24) is 0 Å². The Morgan fingerprint density at radius 1 is 1.36 bits per heavy atom. The molecular weight excluding hydrogens is 184 g/mol. The molecule has 4 heteroatoms. The molecule has 0 amide bonds. The first-order chi connectivity index (χ1) is 5.02. The van der Waals surface area contributed by atoms with Crippen molar-refractivity contribution >= 4 is 21.4 Å². The van der Waals surface area contributed by atoms with E-state index in [2.05, 4.69) is 0 Å². The minimum atomic E-state index is -3.02. The topological polar surface area (TPSA) is 34.1 Å². The average Bonchev–Trinajstić information content (AvgIpc) is 2.34. The summed E-state index contributed by atoms with van der Waals surface area (Å²) in [7, 11) is -3.02. The molecule has 0 aromatic rings. The maximum Gasteiger partial charge on any atom is 0.164 e. The fraction of sp³-hybridized carbons (Fsp3) is 1.00. The molecule has 2 nitrogen and oxygen atoms in total.